The Hall–Kier alpha value is -1.45. The van der Waals surface area contributed by atoms with Crippen LogP contribution >= 0.6 is 15.9 Å². The van der Waals surface area contributed by atoms with Gasteiger partial charge in [-0.3, -0.25) is 4.79 Å². The fraction of sp³-hybridized carbons (Fsp3) is 0.333. The number of halogens is 1. The Balaban J connectivity index is 2.31. The minimum Gasteiger partial charge on any atom is -0.478 e. The number of carboxylic acids is 1. The zero-order chi connectivity index (χ0) is 15.8. The highest BCUT2D eigenvalue weighted by Gasteiger charge is 2.34. The second-order valence-electron chi connectivity index (χ2n) is 4.87. The van der Waals surface area contributed by atoms with Crippen molar-refractivity contribution in [3.05, 3.63) is 28.2 Å². The number of aromatic carboxylic acids is 1. The highest BCUT2D eigenvalue weighted by molar-refractivity contribution is 9.10. The summed E-state index contributed by atoms with van der Waals surface area (Å²) in [6.07, 6.45) is 0.0333. The number of carbonyl (C=O) groups is 2. The van der Waals surface area contributed by atoms with Crippen molar-refractivity contribution in [1.29, 1.82) is 0 Å². The molecule has 1 unspecified atom stereocenters. The van der Waals surface area contributed by atoms with Gasteiger partial charge in [-0.15, -0.1) is 0 Å². The van der Waals surface area contributed by atoms with Gasteiger partial charge in [0.2, 0.25) is 15.9 Å². The summed E-state index contributed by atoms with van der Waals surface area (Å²) in [6, 6.07) is 4.55. The minimum absolute atomic E-state index is 0.0195. The number of primary sulfonamides is 1. The first-order valence-electron chi connectivity index (χ1n) is 6.01. The van der Waals surface area contributed by atoms with Crippen molar-refractivity contribution in [2.75, 3.05) is 17.2 Å². The Labute approximate surface area is 129 Å². The van der Waals surface area contributed by atoms with Gasteiger partial charge in [-0.05, 0) is 18.2 Å². The lowest BCUT2D eigenvalue weighted by Gasteiger charge is -2.19. The summed E-state index contributed by atoms with van der Waals surface area (Å²) in [4.78, 5) is 24.6. The van der Waals surface area contributed by atoms with Crippen LogP contribution in [0.1, 0.15) is 16.8 Å². The number of carbonyl (C=O) groups excluding carboxylic acids is 1. The molecule has 2 rings (SSSR count). The molecule has 3 N–H and O–H groups in total. The van der Waals surface area contributed by atoms with E-state index in [1.165, 1.54) is 17.0 Å². The van der Waals surface area contributed by atoms with E-state index in [1.54, 1.807) is 6.07 Å². The molecule has 0 saturated carbocycles. The standard InChI is InChI=1S/C12H13BrN2O5S/c13-8-1-2-10(9(4-8)12(17)18)15-5-7(3-11(15)16)6-21(14,19)20/h1-2,4,7H,3,5-6H2,(H,17,18)(H2,14,19,20). The number of hydrogen-bond donors (Lipinski definition) is 2. The van der Waals surface area contributed by atoms with Crippen LogP contribution in [-0.4, -0.2) is 37.7 Å². The molecule has 9 heteroatoms. The van der Waals surface area contributed by atoms with Gasteiger partial charge in [0.15, 0.2) is 0 Å². The Morgan fingerprint density at radius 1 is 1.48 bits per heavy atom. The van der Waals surface area contributed by atoms with E-state index >= 15 is 0 Å². The third-order valence-corrected chi connectivity index (χ3v) is 4.58. The average molecular weight is 377 g/mol. The predicted molar refractivity (Wildman–Crippen MR) is 79.5 cm³/mol. The largest absolute Gasteiger partial charge is 0.478 e. The van der Waals surface area contributed by atoms with Crippen LogP contribution in [0.5, 0.6) is 0 Å². The molecule has 0 bridgehead atoms. The average Bonchev–Trinajstić information content (AvgIpc) is 2.67. The summed E-state index contributed by atoms with van der Waals surface area (Å²) in [5.41, 5.74) is 0.238. The molecule has 1 amide bonds. The lowest BCUT2D eigenvalue weighted by molar-refractivity contribution is -0.117. The monoisotopic (exact) mass is 376 g/mol. The van der Waals surface area contributed by atoms with E-state index in [9.17, 15) is 23.1 Å². The number of amides is 1. The molecule has 0 radical (unpaired) electrons. The summed E-state index contributed by atoms with van der Waals surface area (Å²) >= 11 is 3.18. The van der Waals surface area contributed by atoms with E-state index in [2.05, 4.69) is 15.9 Å². The summed E-state index contributed by atoms with van der Waals surface area (Å²) < 4.78 is 22.8. The SMILES string of the molecule is NS(=O)(=O)CC1CC(=O)N(c2ccc(Br)cc2C(=O)O)C1. The number of nitrogens with zero attached hydrogens (tertiary/aromatic N) is 1. The number of rotatable bonds is 4. The van der Waals surface area contributed by atoms with Crippen molar-refractivity contribution in [2.45, 2.75) is 6.42 Å². The highest BCUT2D eigenvalue weighted by Crippen LogP contribution is 2.30. The van der Waals surface area contributed by atoms with E-state index in [0.29, 0.717) is 4.47 Å². The van der Waals surface area contributed by atoms with Gasteiger partial charge < -0.3 is 10.0 Å². The molecule has 1 saturated heterocycles. The molecule has 1 fully saturated rings. The molecule has 0 aliphatic carbocycles. The molecule has 1 aliphatic rings. The summed E-state index contributed by atoms with van der Waals surface area (Å²) in [7, 11) is -3.67. The quantitative estimate of drug-likeness (QED) is 0.804. The first kappa shape index (κ1) is 15.9. The molecule has 114 valence electrons. The molecule has 1 aromatic carbocycles. The maximum absolute atomic E-state index is 12.0. The smallest absolute Gasteiger partial charge is 0.337 e. The number of nitrogens with two attached hydrogens (primary N) is 1. The first-order valence-corrected chi connectivity index (χ1v) is 8.52. The van der Waals surface area contributed by atoms with Gasteiger partial charge in [0, 0.05) is 23.4 Å². The molecule has 0 spiro atoms. The zero-order valence-electron chi connectivity index (χ0n) is 10.8. The number of sulfonamides is 1. The lowest BCUT2D eigenvalue weighted by atomic mass is 10.1. The molecule has 1 atom stereocenters. The van der Waals surface area contributed by atoms with E-state index in [0.717, 1.165) is 0 Å². The van der Waals surface area contributed by atoms with Crippen LogP contribution in [0.15, 0.2) is 22.7 Å². The minimum atomic E-state index is -3.67. The van der Waals surface area contributed by atoms with Crippen LogP contribution < -0.4 is 10.0 Å². The van der Waals surface area contributed by atoms with E-state index in [1.807, 2.05) is 0 Å². The van der Waals surface area contributed by atoms with Gasteiger partial charge in [-0.25, -0.2) is 18.4 Å². The van der Waals surface area contributed by atoms with Crippen LogP contribution in [0, 0.1) is 5.92 Å². The number of benzene rings is 1. The molecule has 1 aromatic rings. The maximum Gasteiger partial charge on any atom is 0.337 e. The predicted octanol–water partition coefficient (Wildman–Crippen LogP) is 0.789. The van der Waals surface area contributed by atoms with Gasteiger partial charge in [0.1, 0.15) is 0 Å². The van der Waals surface area contributed by atoms with Gasteiger partial charge in [0.25, 0.3) is 0 Å². The molecule has 21 heavy (non-hydrogen) atoms. The van der Waals surface area contributed by atoms with E-state index in [-0.39, 0.29) is 35.9 Å². The fourth-order valence-corrected chi connectivity index (χ4v) is 3.61. The van der Waals surface area contributed by atoms with Crippen molar-refractivity contribution in [2.24, 2.45) is 11.1 Å². The van der Waals surface area contributed by atoms with Crippen LogP contribution in [0.25, 0.3) is 0 Å². The van der Waals surface area contributed by atoms with Crippen LogP contribution in [0.2, 0.25) is 0 Å². The third kappa shape index (κ3) is 3.80. The summed E-state index contributed by atoms with van der Waals surface area (Å²) in [5.74, 6) is -2.20. The van der Waals surface area contributed by atoms with Crippen LogP contribution in [0.3, 0.4) is 0 Å². The third-order valence-electron chi connectivity index (χ3n) is 3.15. The second kappa shape index (κ2) is 5.74. The van der Waals surface area contributed by atoms with E-state index < -0.39 is 21.9 Å². The van der Waals surface area contributed by atoms with Gasteiger partial charge in [0.05, 0.1) is 17.0 Å². The number of carboxylic acid groups (broad SMARTS) is 1. The van der Waals surface area contributed by atoms with Gasteiger partial charge in [-0.1, -0.05) is 15.9 Å². The second-order valence-corrected chi connectivity index (χ2v) is 7.45. The van der Waals surface area contributed by atoms with E-state index in [4.69, 9.17) is 5.14 Å². The van der Waals surface area contributed by atoms with Gasteiger partial charge in [-0.2, -0.15) is 0 Å². The summed E-state index contributed by atoms with van der Waals surface area (Å²) in [6.45, 7) is 0.136. The molecule has 7 nitrogen and oxygen atoms in total. The van der Waals surface area contributed by atoms with Crippen molar-refractivity contribution in [1.82, 2.24) is 0 Å². The Kier molecular flexibility index (Phi) is 4.35. The molecule has 1 aliphatic heterocycles. The fourth-order valence-electron chi connectivity index (χ4n) is 2.37. The molecular formula is C12H13BrN2O5S. The van der Waals surface area contributed by atoms with Crippen molar-refractivity contribution < 1.29 is 23.1 Å². The Morgan fingerprint density at radius 3 is 2.71 bits per heavy atom. The Morgan fingerprint density at radius 2 is 2.14 bits per heavy atom. The topological polar surface area (TPSA) is 118 Å². The lowest BCUT2D eigenvalue weighted by Crippen LogP contribution is -2.28. The molecule has 1 heterocycles. The summed E-state index contributed by atoms with van der Waals surface area (Å²) in [5, 5.41) is 14.2. The van der Waals surface area contributed by atoms with Crippen molar-refractivity contribution >= 4 is 43.5 Å². The zero-order valence-corrected chi connectivity index (χ0v) is 13.2. The van der Waals surface area contributed by atoms with Gasteiger partial charge >= 0.3 is 5.97 Å². The number of hydrogen-bond acceptors (Lipinski definition) is 4. The molecule has 0 aromatic heterocycles. The molecular weight excluding hydrogens is 364 g/mol. The first-order chi connectivity index (χ1) is 9.67. The highest BCUT2D eigenvalue weighted by atomic mass is 79.9. The maximum atomic E-state index is 12.0. The van der Waals surface area contributed by atoms with Crippen molar-refractivity contribution in [3.8, 4) is 0 Å². The van der Waals surface area contributed by atoms with Crippen LogP contribution in [-0.2, 0) is 14.8 Å². The number of anilines is 1. The van der Waals surface area contributed by atoms with Crippen molar-refractivity contribution in [3.63, 3.8) is 0 Å². The van der Waals surface area contributed by atoms with Crippen LogP contribution in [0.4, 0.5) is 5.69 Å². The normalized spacial score (nSPS) is 19.0. The Bertz CT molecular complexity index is 704.